The van der Waals surface area contributed by atoms with Gasteiger partial charge >= 0.3 is 5.97 Å². The highest BCUT2D eigenvalue weighted by Gasteiger charge is 2.19. The molecule has 1 saturated heterocycles. The summed E-state index contributed by atoms with van der Waals surface area (Å²) in [5, 5.41) is 10.1. The van der Waals surface area contributed by atoms with Crippen LogP contribution in [-0.4, -0.2) is 52.6 Å². The number of aryl methyl sites for hydroxylation is 1. The summed E-state index contributed by atoms with van der Waals surface area (Å²) in [5.74, 6) is -0.806. The van der Waals surface area contributed by atoms with Crippen molar-refractivity contribution in [3.63, 3.8) is 0 Å². The van der Waals surface area contributed by atoms with E-state index in [9.17, 15) is 14.7 Å². The summed E-state index contributed by atoms with van der Waals surface area (Å²) in [5.41, 5.74) is 2.26. The molecule has 0 spiro atoms. The lowest BCUT2D eigenvalue weighted by atomic mass is 10.2. The molecule has 1 amide bonds. The van der Waals surface area contributed by atoms with E-state index in [1.165, 1.54) is 0 Å². The molecule has 0 unspecified atom stereocenters. The molecule has 1 N–H and O–H groups in total. The Morgan fingerprint density at radius 3 is 2.36 bits per heavy atom. The maximum absolute atomic E-state index is 11.4. The van der Waals surface area contributed by atoms with Crippen LogP contribution in [-0.2, 0) is 11.8 Å². The number of aromatic nitrogens is 1. The van der Waals surface area contributed by atoms with Crippen LogP contribution < -0.4 is 4.90 Å². The summed E-state index contributed by atoms with van der Waals surface area (Å²) in [6, 6.07) is 7.68. The highest BCUT2D eigenvalue weighted by molar-refractivity contribution is 5.95. The van der Waals surface area contributed by atoms with Gasteiger partial charge in [0.05, 0.1) is 0 Å². The van der Waals surface area contributed by atoms with E-state index in [1.807, 2.05) is 23.1 Å². The van der Waals surface area contributed by atoms with Crippen LogP contribution in [0.4, 0.5) is 5.69 Å². The van der Waals surface area contributed by atoms with E-state index < -0.39 is 5.97 Å². The number of carboxylic acids is 1. The van der Waals surface area contributed by atoms with Crippen LogP contribution >= 0.6 is 0 Å². The van der Waals surface area contributed by atoms with Crippen LogP contribution in [0.15, 0.2) is 24.3 Å². The summed E-state index contributed by atoms with van der Waals surface area (Å²) < 4.78 is 1.69. The summed E-state index contributed by atoms with van der Waals surface area (Å²) in [4.78, 5) is 26.7. The molecule has 2 heterocycles. The van der Waals surface area contributed by atoms with Crippen molar-refractivity contribution in [2.24, 2.45) is 7.05 Å². The number of rotatable bonds is 2. The summed E-state index contributed by atoms with van der Waals surface area (Å²) >= 11 is 0. The van der Waals surface area contributed by atoms with Crippen LogP contribution in [0.25, 0.3) is 10.9 Å². The van der Waals surface area contributed by atoms with Gasteiger partial charge in [-0.05, 0) is 24.3 Å². The average Bonchev–Trinajstić information content (AvgIpc) is 2.84. The van der Waals surface area contributed by atoms with Crippen molar-refractivity contribution in [3.05, 3.63) is 30.0 Å². The minimum absolute atomic E-state index is 0.115. The fourth-order valence-electron chi connectivity index (χ4n) is 3.02. The lowest BCUT2D eigenvalue weighted by molar-refractivity contribution is -0.129. The number of carbonyl (C=O) groups is 2. The zero-order valence-electron chi connectivity index (χ0n) is 12.7. The number of benzene rings is 1. The number of piperazine rings is 1. The highest BCUT2D eigenvalue weighted by atomic mass is 16.4. The molecular weight excluding hydrogens is 282 g/mol. The van der Waals surface area contributed by atoms with Gasteiger partial charge < -0.3 is 19.5 Å². The first-order valence-corrected chi connectivity index (χ1v) is 7.30. The predicted octanol–water partition coefficient (Wildman–Crippen LogP) is 1.54. The molecule has 0 saturated carbocycles. The van der Waals surface area contributed by atoms with Gasteiger partial charge in [-0.2, -0.15) is 0 Å². The van der Waals surface area contributed by atoms with Crippen molar-refractivity contribution < 1.29 is 14.7 Å². The van der Waals surface area contributed by atoms with Gasteiger partial charge in [-0.3, -0.25) is 4.79 Å². The molecule has 6 heteroatoms. The Kier molecular flexibility index (Phi) is 3.52. The van der Waals surface area contributed by atoms with Gasteiger partial charge in [-0.25, -0.2) is 4.79 Å². The number of fused-ring (bicyclic) bond motifs is 1. The smallest absolute Gasteiger partial charge is 0.352 e. The van der Waals surface area contributed by atoms with Crippen molar-refractivity contribution in [3.8, 4) is 0 Å². The van der Waals surface area contributed by atoms with E-state index in [-0.39, 0.29) is 11.6 Å². The molecular formula is C16H19N3O3. The van der Waals surface area contributed by atoms with Crippen LogP contribution in [0.2, 0.25) is 0 Å². The summed E-state index contributed by atoms with van der Waals surface area (Å²) in [7, 11) is 1.76. The predicted molar refractivity (Wildman–Crippen MR) is 84.3 cm³/mol. The molecule has 116 valence electrons. The summed E-state index contributed by atoms with van der Waals surface area (Å²) in [6.45, 7) is 4.64. The van der Waals surface area contributed by atoms with Crippen molar-refractivity contribution in [1.82, 2.24) is 9.47 Å². The highest BCUT2D eigenvalue weighted by Crippen LogP contribution is 2.25. The standard InChI is InChI=1S/C16H19N3O3/c1-11(20)18-5-7-19(8-6-18)13-3-4-14-12(9-13)10-15(16(21)22)17(14)2/h3-4,9-10H,5-8H2,1-2H3,(H,21,22). The first-order valence-electron chi connectivity index (χ1n) is 7.30. The van der Waals surface area contributed by atoms with Crippen LogP contribution in [0.5, 0.6) is 0 Å². The minimum atomic E-state index is -0.921. The number of amides is 1. The fourth-order valence-corrected chi connectivity index (χ4v) is 3.02. The van der Waals surface area contributed by atoms with Crippen LogP contribution in [0, 0.1) is 0 Å². The van der Waals surface area contributed by atoms with E-state index >= 15 is 0 Å². The minimum Gasteiger partial charge on any atom is -0.477 e. The topological polar surface area (TPSA) is 65.8 Å². The largest absolute Gasteiger partial charge is 0.477 e. The van der Waals surface area contributed by atoms with E-state index in [1.54, 1.807) is 24.6 Å². The van der Waals surface area contributed by atoms with E-state index in [4.69, 9.17) is 0 Å². The Balaban J connectivity index is 1.87. The second-order valence-corrected chi connectivity index (χ2v) is 5.63. The molecule has 0 atom stereocenters. The van der Waals surface area contributed by atoms with Gasteiger partial charge in [0, 0.05) is 56.7 Å². The molecule has 1 aliphatic heterocycles. The van der Waals surface area contributed by atoms with Gasteiger partial charge in [0.2, 0.25) is 5.91 Å². The van der Waals surface area contributed by atoms with Gasteiger partial charge in [0.1, 0.15) is 5.69 Å². The molecule has 0 radical (unpaired) electrons. The van der Waals surface area contributed by atoms with Gasteiger partial charge in [-0.15, -0.1) is 0 Å². The monoisotopic (exact) mass is 301 g/mol. The average molecular weight is 301 g/mol. The Morgan fingerprint density at radius 2 is 1.77 bits per heavy atom. The number of hydrogen-bond donors (Lipinski definition) is 1. The third-order valence-electron chi connectivity index (χ3n) is 4.34. The molecule has 2 aromatic rings. The second kappa shape index (κ2) is 5.36. The summed E-state index contributed by atoms with van der Waals surface area (Å²) in [6.07, 6.45) is 0. The lowest BCUT2D eigenvalue weighted by Crippen LogP contribution is -2.48. The lowest BCUT2D eigenvalue weighted by Gasteiger charge is -2.35. The number of anilines is 1. The van der Waals surface area contributed by atoms with E-state index in [0.717, 1.165) is 42.8 Å². The Bertz CT molecular complexity index is 742. The molecule has 3 rings (SSSR count). The van der Waals surface area contributed by atoms with Gasteiger partial charge in [-0.1, -0.05) is 0 Å². The SMILES string of the molecule is CC(=O)N1CCN(c2ccc3c(c2)cc(C(=O)O)n3C)CC1. The quantitative estimate of drug-likeness (QED) is 0.914. The number of hydrogen-bond acceptors (Lipinski definition) is 3. The van der Waals surface area contributed by atoms with E-state index in [2.05, 4.69) is 4.90 Å². The number of carbonyl (C=O) groups excluding carboxylic acids is 1. The number of carboxylic acid groups (broad SMARTS) is 1. The van der Waals surface area contributed by atoms with Crippen molar-refractivity contribution in [2.75, 3.05) is 31.1 Å². The first kappa shape index (κ1) is 14.4. The molecule has 1 aliphatic rings. The zero-order valence-corrected chi connectivity index (χ0v) is 12.7. The van der Waals surface area contributed by atoms with Crippen molar-refractivity contribution >= 4 is 28.5 Å². The third-order valence-corrected chi connectivity index (χ3v) is 4.34. The molecule has 1 aromatic heterocycles. The maximum atomic E-state index is 11.4. The van der Waals surface area contributed by atoms with Crippen LogP contribution in [0.3, 0.4) is 0 Å². The molecule has 0 aliphatic carbocycles. The number of aromatic carboxylic acids is 1. The molecule has 0 bridgehead atoms. The van der Waals surface area contributed by atoms with Gasteiger partial charge in [0.15, 0.2) is 0 Å². The van der Waals surface area contributed by atoms with E-state index in [0.29, 0.717) is 0 Å². The normalized spacial score (nSPS) is 15.4. The maximum Gasteiger partial charge on any atom is 0.352 e. The van der Waals surface area contributed by atoms with Crippen molar-refractivity contribution in [1.29, 1.82) is 0 Å². The Labute approximate surface area is 128 Å². The van der Waals surface area contributed by atoms with Crippen molar-refractivity contribution in [2.45, 2.75) is 6.92 Å². The molecule has 1 aromatic carbocycles. The Hall–Kier alpha value is -2.50. The first-order chi connectivity index (χ1) is 10.5. The molecule has 6 nitrogen and oxygen atoms in total. The molecule has 22 heavy (non-hydrogen) atoms. The zero-order chi connectivity index (χ0) is 15.9. The van der Waals surface area contributed by atoms with Gasteiger partial charge in [0.25, 0.3) is 0 Å². The Morgan fingerprint density at radius 1 is 1.09 bits per heavy atom. The fraction of sp³-hybridized carbons (Fsp3) is 0.375. The second-order valence-electron chi connectivity index (χ2n) is 5.63. The van der Waals surface area contributed by atoms with Crippen LogP contribution in [0.1, 0.15) is 17.4 Å². The number of nitrogens with zero attached hydrogens (tertiary/aromatic N) is 3. The third kappa shape index (κ3) is 2.41. The molecule has 1 fully saturated rings.